The number of carboxylic acids is 1. The summed E-state index contributed by atoms with van der Waals surface area (Å²) >= 11 is 2.90. The Morgan fingerprint density at radius 1 is 1.60 bits per heavy atom. The molecule has 0 bridgehead atoms. The Labute approximate surface area is 93.6 Å². The van der Waals surface area contributed by atoms with E-state index in [1.165, 1.54) is 6.07 Å². The molecule has 1 unspecified atom stereocenters. The third-order valence-corrected chi connectivity index (χ3v) is 2.42. The van der Waals surface area contributed by atoms with Gasteiger partial charge in [-0.15, -0.1) is 0 Å². The summed E-state index contributed by atoms with van der Waals surface area (Å²) < 4.78 is 13.0. The molecule has 6 heteroatoms. The Hall–Kier alpha value is -1.14. The second-order valence-corrected chi connectivity index (χ2v) is 3.91. The Kier molecular flexibility index (Phi) is 3.65. The van der Waals surface area contributed by atoms with Crippen molar-refractivity contribution in [2.75, 3.05) is 0 Å². The first-order valence-electron chi connectivity index (χ1n) is 4.07. The number of aliphatic carboxylic acids is 1. The highest BCUT2D eigenvalue weighted by atomic mass is 79.9. The van der Waals surface area contributed by atoms with E-state index in [2.05, 4.69) is 15.9 Å². The van der Waals surface area contributed by atoms with Crippen LogP contribution in [0.1, 0.15) is 5.56 Å². The molecule has 1 aromatic carbocycles. The van der Waals surface area contributed by atoms with Gasteiger partial charge in [-0.2, -0.15) is 0 Å². The van der Waals surface area contributed by atoms with Crippen LogP contribution in [-0.4, -0.2) is 22.2 Å². The van der Waals surface area contributed by atoms with Crippen LogP contribution >= 0.6 is 15.9 Å². The first kappa shape index (κ1) is 11.9. The van der Waals surface area contributed by atoms with Gasteiger partial charge >= 0.3 is 5.97 Å². The quantitative estimate of drug-likeness (QED) is 0.777. The molecule has 0 aliphatic rings. The maximum absolute atomic E-state index is 13.0. The predicted molar refractivity (Wildman–Crippen MR) is 55.1 cm³/mol. The van der Waals surface area contributed by atoms with E-state index >= 15 is 0 Å². The average Bonchev–Trinajstić information content (AvgIpc) is 2.13. The van der Waals surface area contributed by atoms with Crippen LogP contribution < -0.4 is 5.73 Å². The lowest BCUT2D eigenvalue weighted by molar-refractivity contribution is -0.138. The molecule has 0 aromatic heterocycles. The minimum absolute atomic E-state index is 0.0295. The normalized spacial score (nSPS) is 12.5. The fourth-order valence-electron chi connectivity index (χ4n) is 1.09. The molecule has 0 aliphatic heterocycles. The van der Waals surface area contributed by atoms with Crippen molar-refractivity contribution in [3.8, 4) is 5.75 Å². The van der Waals surface area contributed by atoms with Gasteiger partial charge in [0.05, 0.1) is 4.47 Å². The zero-order valence-electron chi connectivity index (χ0n) is 7.58. The smallest absolute Gasteiger partial charge is 0.320 e. The molecule has 0 fully saturated rings. The van der Waals surface area contributed by atoms with Gasteiger partial charge in [-0.3, -0.25) is 4.79 Å². The fraction of sp³-hybridized carbons (Fsp3) is 0.222. The van der Waals surface area contributed by atoms with Crippen LogP contribution in [0.3, 0.4) is 0 Å². The van der Waals surface area contributed by atoms with Crippen molar-refractivity contribution in [1.82, 2.24) is 0 Å². The van der Waals surface area contributed by atoms with Crippen LogP contribution in [0.2, 0.25) is 0 Å². The molecule has 0 saturated carbocycles. The molecule has 0 saturated heterocycles. The van der Waals surface area contributed by atoms with E-state index < -0.39 is 23.6 Å². The van der Waals surface area contributed by atoms with Gasteiger partial charge in [-0.05, 0) is 40.0 Å². The molecule has 1 rings (SSSR count). The van der Waals surface area contributed by atoms with Crippen LogP contribution in [0.5, 0.6) is 5.75 Å². The van der Waals surface area contributed by atoms with Gasteiger partial charge in [0, 0.05) is 0 Å². The lowest BCUT2D eigenvalue weighted by atomic mass is 10.1. The van der Waals surface area contributed by atoms with Gasteiger partial charge in [0.25, 0.3) is 0 Å². The number of benzene rings is 1. The van der Waals surface area contributed by atoms with E-state index in [1.54, 1.807) is 0 Å². The molecular formula is C9H9BrFNO3. The van der Waals surface area contributed by atoms with Gasteiger partial charge in [-0.25, -0.2) is 4.39 Å². The molecular weight excluding hydrogens is 269 g/mol. The topological polar surface area (TPSA) is 83.5 Å². The summed E-state index contributed by atoms with van der Waals surface area (Å²) in [6.45, 7) is 0. The largest absolute Gasteiger partial charge is 0.505 e. The Bertz CT molecular complexity index is 374. The van der Waals surface area contributed by atoms with Crippen molar-refractivity contribution in [2.45, 2.75) is 12.5 Å². The standard InChI is InChI=1S/C9H9BrFNO3/c10-5-1-4(2-6(12)9(14)15)3-7(13)8(5)11/h1,3,6,13H,2,12H2,(H,14,15). The van der Waals surface area contributed by atoms with Gasteiger partial charge in [0.15, 0.2) is 11.6 Å². The van der Waals surface area contributed by atoms with Crippen LogP contribution in [0, 0.1) is 5.82 Å². The van der Waals surface area contributed by atoms with Crippen molar-refractivity contribution in [3.63, 3.8) is 0 Å². The molecule has 0 heterocycles. The number of phenolic OH excluding ortho intramolecular Hbond substituents is 1. The average molecular weight is 278 g/mol. The summed E-state index contributed by atoms with van der Waals surface area (Å²) in [6, 6.07) is 1.47. The van der Waals surface area contributed by atoms with E-state index in [1.807, 2.05) is 0 Å². The van der Waals surface area contributed by atoms with Crippen LogP contribution in [0.4, 0.5) is 4.39 Å². The van der Waals surface area contributed by atoms with E-state index in [9.17, 15) is 9.18 Å². The minimum atomic E-state index is -1.14. The second-order valence-electron chi connectivity index (χ2n) is 3.06. The number of phenols is 1. The zero-order chi connectivity index (χ0) is 11.6. The van der Waals surface area contributed by atoms with Gasteiger partial charge in [-0.1, -0.05) is 0 Å². The number of halogens is 2. The van der Waals surface area contributed by atoms with Crippen molar-refractivity contribution in [2.24, 2.45) is 5.73 Å². The molecule has 0 radical (unpaired) electrons. The van der Waals surface area contributed by atoms with E-state index in [0.29, 0.717) is 5.56 Å². The summed E-state index contributed by atoms with van der Waals surface area (Å²) in [5.74, 6) is -2.45. The van der Waals surface area contributed by atoms with E-state index in [4.69, 9.17) is 15.9 Å². The molecule has 1 atom stereocenters. The number of rotatable bonds is 3. The van der Waals surface area contributed by atoms with E-state index in [0.717, 1.165) is 6.07 Å². The van der Waals surface area contributed by atoms with Crippen LogP contribution in [0.15, 0.2) is 16.6 Å². The van der Waals surface area contributed by atoms with Crippen molar-refractivity contribution in [3.05, 3.63) is 28.0 Å². The van der Waals surface area contributed by atoms with E-state index in [-0.39, 0.29) is 10.9 Å². The minimum Gasteiger partial charge on any atom is -0.505 e. The molecule has 0 aliphatic carbocycles. The first-order valence-corrected chi connectivity index (χ1v) is 4.86. The predicted octanol–water partition coefficient (Wildman–Crippen LogP) is 1.25. The molecule has 4 N–H and O–H groups in total. The summed E-state index contributed by atoms with van der Waals surface area (Å²) in [7, 11) is 0. The monoisotopic (exact) mass is 277 g/mol. The SMILES string of the molecule is NC(Cc1cc(O)c(F)c(Br)c1)C(=O)O. The Morgan fingerprint density at radius 2 is 2.20 bits per heavy atom. The molecule has 0 amide bonds. The number of aromatic hydroxyl groups is 1. The highest BCUT2D eigenvalue weighted by Crippen LogP contribution is 2.26. The number of nitrogens with two attached hydrogens (primary N) is 1. The maximum Gasteiger partial charge on any atom is 0.320 e. The lowest BCUT2D eigenvalue weighted by Gasteiger charge is -2.08. The van der Waals surface area contributed by atoms with Gasteiger partial charge in [0.1, 0.15) is 6.04 Å². The van der Waals surface area contributed by atoms with Crippen molar-refractivity contribution in [1.29, 1.82) is 0 Å². The molecule has 15 heavy (non-hydrogen) atoms. The third kappa shape index (κ3) is 2.90. The summed E-state index contributed by atoms with van der Waals surface area (Å²) in [4.78, 5) is 10.5. The summed E-state index contributed by atoms with van der Waals surface area (Å²) in [5, 5.41) is 17.7. The zero-order valence-corrected chi connectivity index (χ0v) is 9.16. The highest BCUT2D eigenvalue weighted by Gasteiger charge is 2.14. The highest BCUT2D eigenvalue weighted by molar-refractivity contribution is 9.10. The molecule has 4 nitrogen and oxygen atoms in total. The number of hydrogen-bond donors (Lipinski definition) is 3. The third-order valence-electron chi connectivity index (χ3n) is 1.84. The van der Waals surface area contributed by atoms with Gasteiger partial charge in [0.2, 0.25) is 0 Å². The molecule has 82 valence electrons. The number of carbonyl (C=O) groups is 1. The van der Waals surface area contributed by atoms with Crippen molar-refractivity contribution >= 4 is 21.9 Å². The number of hydrogen-bond acceptors (Lipinski definition) is 3. The van der Waals surface area contributed by atoms with Gasteiger partial charge < -0.3 is 15.9 Å². The van der Waals surface area contributed by atoms with Crippen LogP contribution in [-0.2, 0) is 11.2 Å². The summed E-state index contributed by atoms with van der Waals surface area (Å²) in [5.41, 5.74) is 5.75. The Balaban J connectivity index is 2.92. The van der Waals surface area contributed by atoms with Crippen LogP contribution in [0.25, 0.3) is 0 Å². The second kappa shape index (κ2) is 4.59. The fourth-order valence-corrected chi connectivity index (χ4v) is 1.59. The first-order chi connectivity index (χ1) is 6.91. The number of carboxylic acid groups (broad SMARTS) is 1. The van der Waals surface area contributed by atoms with Crippen molar-refractivity contribution < 1.29 is 19.4 Å². The Morgan fingerprint density at radius 3 is 2.67 bits per heavy atom. The molecule has 1 aromatic rings. The molecule has 0 spiro atoms. The summed E-state index contributed by atoms with van der Waals surface area (Å²) in [6.07, 6.45) is 0.0295. The maximum atomic E-state index is 13.0. The lowest BCUT2D eigenvalue weighted by Crippen LogP contribution is -2.32.